The number of piperidine rings is 1. The fraction of sp³-hybridized carbons (Fsp3) is 0.571. The second kappa shape index (κ2) is 6.88. The molecule has 0 N–H and O–H groups in total. The van der Waals surface area contributed by atoms with E-state index < -0.39 is 5.60 Å². The molecule has 0 aliphatic carbocycles. The molecule has 2 fully saturated rings. The van der Waals surface area contributed by atoms with E-state index in [9.17, 15) is 9.59 Å². The Morgan fingerprint density at radius 3 is 2.50 bits per heavy atom. The highest BCUT2D eigenvalue weighted by Crippen LogP contribution is 2.35. The SMILES string of the molecule is Cc1nc2cc(C(=O)C3CC4COCC(C3)N4C(=O)OC(C)(C)C)ccc2o1. The maximum atomic E-state index is 13.2. The number of Topliss-reactive ketones (excluding diaryl/α,β-unsaturated/α-hetero) is 1. The van der Waals surface area contributed by atoms with E-state index in [1.165, 1.54) is 0 Å². The van der Waals surface area contributed by atoms with Crippen LogP contribution in [0.2, 0.25) is 0 Å². The Bertz CT molecular complexity index is 899. The molecule has 3 heterocycles. The number of hydrogen-bond donors (Lipinski definition) is 0. The molecular formula is C21H26N2O5. The van der Waals surface area contributed by atoms with Crippen molar-refractivity contribution in [3.8, 4) is 0 Å². The maximum absolute atomic E-state index is 13.2. The van der Waals surface area contributed by atoms with Crippen LogP contribution in [-0.2, 0) is 9.47 Å². The number of carbonyl (C=O) groups is 2. The van der Waals surface area contributed by atoms with Gasteiger partial charge in [0, 0.05) is 18.4 Å². The summed E-state index contributed by atoms with van der Waals surface area (Å²) in [5.74, 6) is 0.517. The molecule has 1 amide bonds. The standard InChI is InChI=1S/C21H26N2O5/c1-12-22-17-9-13(5-6-18(17)27-12)19(24)14-7-15-10-26-11-16(8-14)23(15)20(25)28-21(2,3)4/h5-6,9,14-16H,7-8,10-11H2,1-4H3. The summed E-state index contributed by atoms with van der Waals surface area (Å²) in [6.45, 7) is 8.22. The number of aryl methyl sites for hydroxylation is 1. The topological polar surface area (TPSA) is 81.9 Å². The van der Waals surface area contributed by atoms with Crippen LogP contribution in [-0.4, -0.2) is 52.7 Å². The molecule has 2 bridgehead atoms. The average molecular weight is 386 g/mol. The summed E-state index contributed by atoms with van der Waals surface area (Å²) < 4.78 is 16.7. The second-order valence-corrected chi connectivity index (χ2v) is 8.68. The van der Waals surface area contributed by atoms with E-state index in [2.05, 4.69) is 4.98 Å². The molecule has 1 aromatic heterocycles. The number of oxazole rings is 1. The van der Waals surface area contributed by atoms with Crippen LogP contribution in [0.5, 0.6) is 0 Å². The summed E-state index contributed by atoms with van der Waals surface area (Å²) in [5.41, 5.74) is 1.46. The summed E-state index contributed by atoms with van der Waals surface area (Å²) in [4.78, 5) is 31.9. The summed E-state index contributed by atoms with van der Waals surface area (Å²) >= 11 is 0. The van der Waals surface area contributed by atoms with Crippen LogP contribution in [0.3, 0.4) is 0 Å². The first-order valence-electron chi connectivity index (χ1n) is 9.72. The third-order valence-electron chi connectivity index (χ3n) is 5.27. The fourth-order valence-corrected chi connectivity index (χ4v) is 4.17. The molecule has 2 aliphatic rings. The van der Waals surface area contributed by atoms with Gasteiger partial charge < -0.3 is 13.9 Å². The van der Waals surface area contributed by atoms with Crippen LogP contribution in [0.15, 0.2) is 22.6 Å². The lowest BCUT2D eigenvalue weighted by Crippen LogP contribution is -2.60. The van der Waals surface area contributed by atoms with Gasteiger partial charge in [-0.1, -0.05) is 0 Å². The molecular weight excluding hydrogens is 360 g/mol. The average Bonchev–Trinajstić information content (AvgIpc) is 2.97. The summed E-state index contributed by atoms with van der Waals surface area (Å²) in [7, 11) is 0. The quantitative estimate of drug-likeness (QED) is 0.732. The molecule has 2 atom stereocenters. The van der Waals surface area contributed by atoms with E-state index in [0.29, 0.717) is 48.6 Å². The van der Waals surface area contributed by atoms with E-state index in [0.717, 1.165) is 0 Å². The summed E-state index contributed by atoms with van der Waals surface area (Å²) in [5, 5.41) is 0. The van der Waals surface area contributed by atoms with Crippen molar-refractivity contribution >= 4 is 23.0 Å². The Morgan fingerprint density at radius 1 is 1.18 bits per heavy atom. The van der Waals surface area contributed by atoms with E-state index in [1.807, 2.05) is 20.8 Å². The number of aromatic nitrogens is 1. The van der Waals surface area contributed by atoms with Crippen molar-refractivity contribution in [2.75, 3.05) is 13.2 Å². The number of fused-ring (bicyclic) bond motifs is 3. The van der Waals surface area contributed by atoms with Crippen LogP contribution in [0, 0.1) is 12.8 Å². The Hall–Kier alpha value is -2.41. The Balaban J connectivity index is 1.52. The lowest BCUT2D eigenvalue weighted by atomic mass is 9.81. The maximum Gasteiger partial charge on any atom is 0.410 e. The number of benzene rings is 1. The molecule has 0 spiro atoms. The third-order valence-corrected chi connectivity index (χ3v) is 5.27. The lowest BCUT2D eigenvalue weighted by molar-refractivity contribution is -0.0861. The largest absolute Gasteiger partial charge is 0.444 e. The molecule has 28 heavy (non-hydrogen) atoms. The van der Waals surface area contributed by atoms with E-state index in [1.54, 1.807) is 30.0 Å². The first-order valence-corrected chi connectivity index (χ1v) is 9.72. The number of carbonyl (C=O) groups excluding carboxylic acids is 2. The molecule has 7 heteroatoms. The first kappa shape index (κ1) is 18.9. The predicted molar refractivity (Wildman–Crippen MR) is 102 cm³/mol. The fourth-order valence-electron chi connectivity index (χ4n) is 4.17. The monoisotopic (exact) mass is 386 g/mol. The minimum atomic E-state index is -0.552. The Kier molecular flexibility index (Phi) is 4.65. The van der Waals surface area contributed by atoms with Gasteiger partial charge in [-0.05, 0) is 51.8 Å². The number of ether oxygens (including phenoxy) is 2. The molecule has 7 nitrogen and oxygen atoms in total. The van der Waals surface area contributed by atoms with Crippen LogP contribution < -0.4 is 0 Å². The number of rotatable bonds is 2. The number of nitrogens with zero attached hydrogens (tertiary/aromatic N) is 2. The van der Waals surface area contributed by atoms with E-state index in [-0.39, 0.29) is 29.9 Å². The van der Waals surface area contributed by atoms with Crippen LogP contribution in [0.4, 0.5) is 4.79 Å². The molecule has 4 rings (SSSR count). The molecule has 2 saturated heterocycles. The van der Waals surface area contributed by atoms with Gasteiger partial charge in [-0.15, -0.1) is 0 Å². The van der Waals surface area contributed by atoms with Crippen LogP contribution >= 0.6 is 0 Å². The number of amides is 1. The number of hydrogen-bond acceptors (Lipinski definition) is 6. The van der Waals surface area contributed by atoms with Crippen molar-refractivity contribution in [2.24, 2.45) is 5.92 Å². The highest BCUT2D eigenvalue weighted by atomic mass is 16.6. The molecule has 2 unspecified atom stereocenters. The van der Waals surface area contributed by atoms with Gasteiger partial charge in [0.15, 0.2) is 17.3 Å². The van der Waals surface area contributed by atoms with Crippen molar-refractivity contribution in [2.45, 2.75) is 58.2 Å². The Morgan fingerprint density at radius 2 is 1.86 bits per heavy atom. The smallest absolute Gasteiger partial charge is 0.410 e. The zero-order valence-electron chi connectivity index (χ0n) is 16.7. The third kappa shape index (κ3) is 3.63. The minimum absolute atomic E-state index is 0.0864. The van der Waals surface area contributed by atoms with Gasteiger partial charge >= 0.3 is 6.09 Å². The van der Waals surface area contributed by atoms with Gasteiger partial charge in [0.2, 0.25) is 0 Å². The molecule has 150 valence electrons. The Labute approximate surface area is 164 Å². The minimum Gasteiger partial charge on any atom is -0.444 e. The van der Waals surface area contributed by atoms with Crippen LogP contribution in [0.1, 0.15) is 49.9 Å². The zero-order chi connectivity index (χ0) is 20.1. The zero-order valence-corrected chi connectivity index (χ0v) is 16.7. The normalized spacial score (nSPS) is 25.0. The number of morpholine rings is 1. The van der Waals surface area contributed by atoms with E-state index >= 15 is 0 Å². The van der Waals surface area contributed by atoms with Crippen molar-refractivity contribution in [3.05, 3.63) is 29.7 Å². The number of ketones is 1. The van der Waals surface area contributed by atoms with Gasteiger partial charge in [-0.25, -0.2) is 9.78 Å². The van der Waals surface area contributed by atoms with E-state index in [4.69, 9.17) is 13.9 Å². The molecule has 2 aliphatic heterocycles. The van der Waals surface area contributed by atoms with Crippen LogP contribution in [0.25, 0.3) is 11.1 Å². The van der Waals surface area contributed by atoms with Crippen molar-refractivity contribution in [1.82, 2.24) is 9.88 Å². The van der Waals surface area contributed by atoms with Gasteiger partial charge in [-0.3, -0.25) is 9.69 Å². The summed E-state index contributed by atoms with van der Waals surface area (Å²) in [6, 6.07) is 5.09. The van der Waals surface area contributed by atoms with Crippen molar-refractivity contribution < 1.29 is 23.5 Å². The van der Waals surface area contributed by atoms with Gasteiger partial charge in [0.25, 0.3) is 0 Å². The first-order chi connectivity index (χ1) is 13.2. The highest BCUT2D eigenvalue weighted by Gasteiger charge is 2.45. The van der Waals surface area contributed by atoms with Gasteiger partial charge in [-0.2, -0.15) is 0 Å². The predicted octanol–water partition coefficient (Wildman–Crippen LogP) is 3.73. The lowest BCUT2D eigenvalue weighted by Gasteiger charge is -2.47. The van der Waals surface area contributed by atoms with Gasteiger partial charge in [0.1, 0.15) is 11.1 Å². The summed E-state index contributed by atoms with van der Waals surface area (Å²) in [6.07, 6.45) is 0.825. The molecule has 1 aromatic carbocycles. The molecule has 0 radical (unpaired) electrons. The van der Waals surface area contributed by atoms with Crippen molar-refractivity contribution in [1.29, 1.82) is 0 Å². The second-order valence-electron chi connectivity index (χ2n) is 8.68. The molecule has 2 aromatic rings. The van der Waals surface area contributed by atoms with Crippen molar-refractivity contribution in [3.63, 3.8) is 0 Å². The highest BCUT2D eigenvalue weighted by molar-refractivity contribution is 6.00. The van der Waals surface area contributed by atoms with Gasteiger partial charge in [0.05, 0.1) is 25.3 Å². The molecule has 0 saturated carbocycles.